The molecule has 0 amide bonds. The number of benzene rings is 1. The fraction of sp³-hybridized carbons (Fsp3) is 0.571. The zero-order chi connectivity index (χ0) is 10.4. The third-order valence-corrected chi connectivity index (χ3v) is 4.00. The van der Waals surface area contributed by atoms with Gasteiger partial charge in [-0.2, -0.15) is 0 Å². The summed E-state index contributed by atoms with van der Waals surface area (Å²) < 4.78 is 0. The van der Waals surface area contributed by atoms with E-state index in [9.17, 15) is 0 Å². The first-order chi connectivity index (χ1) is 7.25. The maximum atomic E-state index is 3.81. The average molecular weight is 201 g/mol. The van der Waals surface area contributed by atoms with Crippen molar-refractivity contribution >= 4 is 0 Å². The molecule has 1 saturated carbocycles. The quantitative estimate of drug-likeness (QED) is 0.775. The van der Waals surface area contributed by atoms with E-state index in [-0.39, 0.29) is 0 Å². The zero-order valence-electron chi connectivity index (χ0n) is 9.53. The Morgan fingerprint density at radius 1 is 1.13 bits per heavy atom. The molecule has 0 spiro atoms. The Hall–Kier alpha value is -0.820. The van der Waals surface area contributed by atoms with Gasteiger partial charge in [-0.15, -0.1) is 0 Å². The fourth-order valence-electron chi connectivity index (χ4n) is 2.83. The van der Waals surface area contributed by atoms with E-state index in [0.29, 0.717) is 6.04 Å². The Bertz CT molecular complexity index is 371. The fourth-order valence-corrected chi connectivity index (χ4v) is 2.83. The van der Waals surface area contributed by atoms with E-state index in [0.717, 1.165) is 17.9 Å². The molecule has 1 N–H and O–H groups in total. The molecule has 0 aromatic heterocycles. The second-order valence-corrected chi connectivity index (χ2v) is 5.34. The van der Waals surface area contributed by atoms with Gasteiger partial charge in [-0.1, -0.05) is 38.1 Å². The molecular weight excluding hydrogens is 182 g/mol. The molecule has 0 radical (unpaired) electrons. The van der Waals surface area contributed by atoms with Gasteiger partial charge in [0, 0.05) is 12.1 Å². The van der Waals surface area contributed by atoms with E-state index in [1.54, 1.807) is 11.1 Å². The van der Waals surface area contributed by atoms with Crippen molar-refractivity contribution in [1.29, 1.82) is 0 Å². The molecule has 0 heterocycles. The predicted molar refractivity (Wildman–Crippen MR) is 62.8 cm³/mol. The number of rotatable bonds is 2. The van der Waals surface area contributed by atoms with Gasteiger partial charge in [0.1, 0.15) is 0 Å². The second kappa shape index (κ2) is 3.34. The summed E-state index contributed by atoms with van der Waals surface area (Å²) in [7, 11) is 0. The van der Waals surface area contributed by atoms with Crippen molar-refractivity contribution in [2.45, 2.75) is 38.8 Å². The minimum atomic E-state index is 0.608. The number of hydrogen-bond acceptors (Lipinski definition) is 1. The monoisotopic (exact) mass is 201 g/mol. The molecule has 4 unspecified atom stereocenters. The van der Waals surface area contributed by atoms with Gasteiger partial charge in [0.15, 0.2) is 0 Å². The van der Waals surface area contributed by atoms with Crippen LogP contribution in [0.3, 0.4) is 0 Å². The van der Waals surface area contributed by atoms with Crippen LogP contribution in [0, 0.1) is 11.8 Å². The topological polar surface area (TPSA) is 12.0 Å². The molecule has 0 bridgehead atoms. The van der Waals surface area contributed by atoms with Crippen molar-refractivity contribution < 1.29 is 0 Å². The van der Waals surface area contributed by atoms with Crippen LogP contribution in [0.5, 0.6) is 0 Å². The molecule has 1 heteroatoms. The summed E-state index contributed by atoms with van der Waals surface area (Å²) in [6.45, 7) is 4.70. The molecule has 0 saturated heterocycles. The maximum absolute atomic E-state index is 3.81. The van der Waals surface area contributed by atoms with E-state index in [2.05, 4.69) is 43.4 Å². The molecular formula is C14H19N. The normalized spacial score (nSPS) is 37.7. The van der Waals surface area contributed by atoms with Crippen LogP contribution in [0.25, 0.3) is 0 Å². The Morgan fingerprint density at radius 3 is 2.60 bits per heavy atom. The van der Waals surface area contributed by atoms with Gasteiger partial charge in [0.05, 0.1) is 0 Å². The third-order valence-electron chi connectivity index (χ3n) is 4.00. The lowest BCUT2D eigenvalue weighted by Crippen LogP contribution is -2.26. The first-order valence-electron chi connectivity index (χ1n) is 6.09. The Balaban J connectivity index is 1.82. The highest BCUT2D eigenvalue weighted by atomic mass is 15.0. The van der Waals surface area contributed by atoms with E-state index in [1.807, 2.05) is 0 Å². The molecule has 15 heavy (non-hydrogen) atoms. The van der Waals surface area contributed by atoms with Crippen molar-refractivity contribution in [3.8, 4) is 0 Å². The van der Waals surface area contributed by atoms with Gasteiger partial charge >= 0.3 is 0 Å². The summed E-state index contributed by atoms with van der Waals surface area (Å²) in [5.41, 5.74) is 3.10. The van der Waals surface area contributed by atoms with Gasteiger partial charge < -0.3 is 5.32 Å². The van der Waals surface area contributed by atoms with Crippen LogP contribution in [0.15, 0.2) is 24.3 Å². The summed E-state index contributed by atoms with van der Waals surface area (Å²) in [5, 5.41) is 3.81. The van der Waals surface area contributed by atoms with E-state index in [4.69, 9.17) is 0 Å². The van der Waals surface area contributed by atoms with E-state index >= 15 is 0 Å². The highest BCUT2D eigenvalue weighted by Crippen LogP contribution is 2.39. The molecule has 1 aromatic carbocycles. The van der Waals surface area contributed by atoms with Crippen molar-refractivity contribution in [2.75, 3.05) is 0 Å². The van der Waals surface area contributed by atoms with Gasteiger partial charge in [0.25, 0.3) is 0 Å². The standard InChI is InChI=1S/C14H19N/c1-9-8-13(9)15-14-10(2)7-11-5-3-4-6-12(11)14/h3-6,9-10,13-15H,7-8H2,1-2H3. The van der Waals surface area contributed by atoms with Crippen LogP contribution in [0.4, 0.5) is 0 Å². The van der Waals surface area contributed by atoms with Crippen LogP contribution in [-0.4, -0.2) is 6.04 Å². The smallest absolute Gasteiger partial charge is 0.0354 e. The van der Waals surface area contributed by atoms with Gasteiger partial charge in [-0.25, -0.2) is 0 Å². The summed E-state index contributed by atoms with van der Waals surface area (Å²) in [4.78, 5) is 0. The second-order valence-electron chi connectivity index (χ2n) is 5.34. The molecule has 2 aliphatic carbocycles. The van der Waals surface area contributed by atoms with E-state index < -0.39 is 0 Å². The molecule has 4 atom stereocenters. The Labute approximate surface area is 91.9 Å². The van der Waals surface area contributed by atoms with Crippen molar-refractivity contribution in [2.24, 2.45) is 11.8 Å². The summed E-state index contributed by atoms with van der Waals surface area (Å²) in [6.07, 6.45) is 2.61. The number of fused-ring (bicyclic) bond motifs is 1. The first kappa shape index (κ1) is 9.41. The molecule has 1 aromatic rings. The van der Waals surface area contributed by atoms with Gasteiger partial charge in [-0.3, -0.25) is 0 Å². The molecule has 1 fully saturated rings. The predicted octanol–water partition coefficient (Wildman–Crippen LogP) is 2.92. The number of hydrogen-bond donors (Lipinski definition) is 1. The van der Waals surface area contributed by atoms with Crippen LogP contribution in [0.2, 0.25) is 0 Å². The SMILES string of the molecule is CC1CC1NC1c2ccccc2CC1C. The van der Waals surface area contributed by atoms with Crippen molar-refractivity contribution in [3.05, 3.63) is 35.4 Å². The summed E-state index contributed by atoms with van der Waals surface area (Å²) in [6, 6.07) is 10.3. The Morgan fingerprint density at radius 2 is 1.87 bits per heavy atom. The maximum Gasteiger partial charge on any atom is 0.0354 e. The lowest BCUT2D eigenvalue weighted by atomic mass is 10.0. The molecule has 1 nitrogen and oxygen atoms in total. The van der Waals surface area contributed by atoms with Crippen molar-refractivity contribution in [1.82, 2.24) is 5.32 Å². The van der Waals surface area contributed by atoms with Gasteiger partial charge in [-0.05, 0) is 35.8 Å². The summed E-state index contributed by atoms with van der Waals surface area (Å²) >= 11 is 0. The molecule has 0 aliphatic heterocycles. The lowest BCUT2D eigenvalue weighted by Gasteiger charge is -2.18. The first-order valence-corrected chi connectivity index (χ1v) is 6.09. The van der Waals surface area contributed by atoms with E-state index in [1.165, 1.54) is 12.8 Å². The zero-order valence-corrected chi connectivity index (χ0v) is 9.53. The van der Waals surface area contributed by atoms with Crippen LogP contribution in [-0.2, 0) is 6.42 Å². The molecule has 3 rings (SSSR count). The average Bonchev–Trinajstić information content (AvgIpc) is 2.82. The number of nitrogens with one attached hydrogen (secondary N) is 1. The largest absolute Gasteiger partial charge is 0.307 e. The van der Waals surface area contributed by atoms with Crippen LogP contribution >= 0.6 is 0 Å². The highest BCUT2D eigenvalue weighted by molar-refractivity contribution is 5.35. The Kier molecular flexibility index (Phi) is 2.10. The molecule has 80 valence electrons. The van der Waals surface area contributed by atoms with Crippen LogP contribution in [0.1, 0.15) is 37.4 Å². The third kappa shape index (κ3) is 1.59. The minimum absolute atomic E-state index is 0.608. The van der Waals surface area contributed by atoms with Gasteiger partial charge in [0.2, 0.25) is 0 Å². The van der Waals surface area contributed by atoms with Crippen molar-refractivity contribution in [3.63, 3.8) is 0 Å². The highest BCUT2D eigenvalue weighted by Gasteiger charge is 2.38. The lowest BCUT2D eigenvalue weighted by molar-refractivity contribution is 0.407. The minimum Gasteiger partial charge on any atom is -0.307 e. The molecule has 2 aliphatic rings. The van der Waals surface area contributed by atoms with Crippen LogP contribution < -0.4 is 5.32 Å². The summed E-state index contributed by atoms with van der Waals surface area (Å²) in [5.74, 6) is 1.65.